The molecule has 1 amide bonds. The molecular weight excluding hydrogens is 500 g/mol. The van der Waals surface area contributed by atoms with Gasteiger partial charge < -0.3 is 31.3 Å². The summed E-state index contributed by atoms with van der Waals surface area (Å²) in [6.45, 7) is 7.15. The Hall–Kier alpha value is -3.72. The Morgan fingerprint density at radius 2 is 1.65 bits per heavy atom. The Morgan fingerprint density at radius 1 is 0.925 bits per heavy atom. The van der Waals surface area contributed by atoms with E-state index in [1.165, 1.54) is 16.8 Å². The minimum absolute atomic E-state index is 0.0358. The van der Waals surface area contributed by atoms with E-state index in [9.17, 15) is 4.79 Å². The van der Waals surface area contributed by atoms with Crippen molar-refractivity contribution in [3.63, 3.8) is 0 Å². The molecule has 0 aliphatic carbocycles. The average Bonchev–Trinajstić information content (AvgIpc) is 3.00. The summed E-state index contributed by atoms with van der Waals surface area (Å²) in [6, 6.07) is 26.5. The number of amidine groups is 1. The Kier molecular flexibility index (Phi) is 11.1. The van der Waals surface area contributed by atoms with Crippen LogP contribution in [0.3, 0.4) is 0 Å². The molecule has 8 nitrogen and oxygen atoms in total. The minimum atomic E-state index is -0.331. The molecule has 1 aliphatic heterocycles. The highest BCUT2D eigenvalue weighted by atomic mass is 16.5. The van der Waals surface area contributed by atoms with Crippen molar-refractivity contribution in [3.8, 4) is 0 Å². The molecule has 0 saturated carbocycles. The molecule has 212 valence electrons. The normalized spacial score (nSPS) is 14.9. The highest BCUT2D eigenvalue weighted by Gasteiger charge is 2.16. The van der Waals surface area contributed by atoms with Gasteiger partial charge in [-0.15, -0.1) is 0 Å². The lowest BCUT2D eigenvalue weighted by Crippen LogP contribution is -2.47. The van der Waals surface area contributed by atoms with Crippen LogP contribution in [-0.2, 0) is 29.0 Å². The zero-order valence-corrected chi connectivity index (χ0v) is 23.4. The van der Waals surface area contributed by atoms with Crippen LogP contribution in [0.15, 0.2) is 78.9 Å². The molecule has 0 unspecified atom stereocenters. The topological polar surface area (TPSA) is 115 Å². The van der Waals surface area contributed by atoms with Gasteiger partial charge in [-0.1, -0.05) is 66.7 Å². The first-order valence-corrected chi connectivity index (χ1v) is 14.1. The number of nitrogens with zero attached hydrogens (tertiary/aromatic N) is 1. The molecule has 40 heavy (non-hydrogen) atoms. The first-order valence-electron chi connectivity index (χ1n) is 14.1. The Balaban J connectivity index is 1.30. The number of nitrogens with two attached hydrogens (primary N) is 1. The molecule has 0 bridgehead atoms. The van der Waals surface area contributed by atoms with Crippen LogP contribution in [0.1, 0.15) is 35.6 Å². The van der Waals surface area contributed by atoms with Gasteiger partial charge in [0.1, 0.15) is 5.84 Å². The Labute approximate surface area is 237 Å². The van der Waals surface area contributed by atoms with Crippen molar-refractivity contribution in [2.24, 2.45) is 5.73 Å². The molecular formula is C32H42N6O2. The largest absolute Gasteiger partial charge is 0.384 e. The van der Waals surface area contributed by atoms with E-state index >= 15 is 0 Å². The molecule has 0 aromatic heterocycles. The zero-order valence-electron chi connectivity index (χ0n) is 23.4. The number of hydrogen-bond acceptors (Lipinski definition) is 6. The van der Waals surface area contributed by atoms with Crippen molar-refractivity contribution in [2.45, 2.75) is 44.9 Å². The first kappa shape index (κ1) is 29.3. The number of carbonyl (C=O) groups is 1. The summed E-state index contributed by atoms with van der Waals surface area (Å²) in [5.41, 5.74) is 11.0. The molecule has 0 radical (unpaired) electrons. The number of rotatable bonds is 14. The Morgan fingerprint density at radius 3 is 2.38 bits per heavy atom. The molecule has 6 N–H and O–H groups in total. The van der Waals surface area contributed by atoms with Gasteiger partial charge in [0.25, 0.3) is 0 Å². The van der Waals surface area contributed by atoms with Crippen LogP contribution >= 0.6 is 0 Å². The van der Waals surface area contributed by atoms with Crippen molar-refractivity contribution in [3.05, 3.63) is 101 Å². The molecule has 3 aromatic rings. The second-order valence-corrected chi connectivity index (χ2v) is 10.3. The monoisotopic (exact) mass is 542 g/mol. The lowest BCUT2D eigenvalue weighted by Gasteiger charge is -2.29. The van der Waals surface area contributed by atoms with E-state index in [0.29, 0.717) is 18.7 Å². The molecule has 1 aliphatic rings. The zero-order chi connectivity index (χ0) is 28.2. The number of ether oxygens (including phenoxy) is 1. The van der Waals surface area contributed by atoms with Crippen LogP contribution in [0.25, 0.3) is 0 Å². The van der Waals surface area contributed by atoms with Gasteiger partial charge in [0.2, 0.25) is 5.91 Å². The number of carbonyl (C=O) groups excluding carboxylic acids is 1. The van der Waals surface area contributed by atoms with Gasteiger partial charge in [-0.3, -0.25) is 10.2 Å². The molecule has 8 heteroatoms. The average molecular weight is 543 g/mol. The SMILES string of the molecule is C[C@H](NC[C@@H](CCc1ccccc1)NCc1cccc(N2CCOCC2)c1)C(=O)NCc1ccc(C(=N)N)cc1. The van der Waals surface area contributed by atoms with Gasteiger partial charge in [-0.25, -0.2) is 0 Å². The number of nitrogen functional groups attached to an aromatic ring is 1. The third-order valence-electron chi connectivity index (χ3n) is 7.30. The summed E-state index contributed by atoms with van der Waals surface area (Å²) in [4.78, 5) is 15.2. The van der Waals surface area contributed by atoms with Gasteiger partial charge in [0, 0.05) is 50.0 Å². The lowest BCUT2D eigenvalue weighted by atomic mass is 10.0. The fourth-order valence-corrected chi connectivity index (χ4v) is 4.76. The smallest absolute Gasteiger partial charge is 0.237 e. The lowest BCUT2D eigenvalue weighted by molar-refractivity contribution is -0.122. The maximum absolute atomic E-state index is 12.8. The van der Waals surface area contributed by atoms with Gasteiger partial charge in [0.15, 0.2) is 0 Å². The summed E-state index contributed by atoms with van der Waals surface area (Å²) < 4.78 is 5.51. The van der Waals surface area contributed by atoms with Crippen LogP contribution in [0.2, 0.25) is 0 Å². The van der Waals surface area contributed by atoms with E-state index < -0.39 is 0 Å². The van der Waals surface area contributed by atoms with Crippen molar-refractivity contribution in [1.29, 1.82) is 5.41 Å². The third-order valence-corrected chi connectivity index (χ3v) is 7.30. The molecule has 3 aromatic carbocycles. The van der Waals surface area contributed by atoms with E-state index in [2.05, 4.69) is 69.4 Å². The number of nitrogens with one attached hydrogen (secondary N) is 4. The molecule has 4 rings (SSSR count). The maximum atomic E-state index is 12.8. The second kappa shape index (κ2) is 15.2. The predicted molar refractivity (Wildman–Crippen MR) is 162 cm³/mol. The third kappa shape index (κ3) is 9.19. The number of morpholine rings is 1. The van der Waals surface area contributed by atoms with Crippen molar-refractivity contribution in [2.75, 3.05) is 37.7 Å². The maximum Gasteiger partial charge on any atom is 0.237 e. The van der Waals surface area contributed by atoms with Crippen LogP contribution in [0, 0.1) is 5.41 Å². The summed E-state index contributed by atoms with van der Waals surface area (Å²) in [6.07, 6.45) is 1.92. The van der Waals surface area contributed by atoms with Gasteiger partial charge in [-0.05, 0) is 48.6 Å². The molecule has 1 fully saturated rings. The molecule has 1 heterocycles. The number of benzene rings is 3. The number of anilines is 1. The fourth-order valence-electron chi connectivity index (χ4n) is 4.76. The number of amides is 1. The van der Waals surface area contributed by atoms with Crippen LogP contribution in [0.5, 0.6) is 0 Å². The summed E-state index contributed by atoms with van der Waals surface area (Å²) in [5.74, 6) is -0.00990. The fraction of sp³-hybridized carbons (Fsp3) is 0.375. The van der Waals surface area contributed by atoms with Crippen molar-refractivity contribution in [1.82, 2.24) is 16.0 Å². The van der Waals surface area contributed by atoms with Gasteiger partial charge in [-0.2, -0.15) is 0 Å². The summed E-state index contributed by atoms with van der Waals surface area (Å²) in [5, 5.41) is 17.7. The van der Waals surface area contributed by atoms with E-state index in [0.717, 1.165) is 51.3 Å². The molecule has 1 saturated heterocycles. The predicted octanol–water partition coefficient (Wildman–Crippen LogP) is 3.19. The second-order valence-electron chi connectivity index (χ2n) is 10.3. The minimum Gasteiger partial charge on any atom is -0.384 e. The van der Waals surface area contributed by atoms with E-state index in [1.54, 1.807) is 12.1 Å². The number of aryl methyl sites for hydroxylation is 1. The van der Waals surface area contributed by atoms with Gasteiger partial charge >= 0.3 is 0 Å². The van der Waals surface area contributed by atoms with E-state index in [4.69, 9.17) is 15.9 Å². The molecule has 0 spiro atoms. The quantitative estimate of drug-likeness (QED) is 0.158. The number of hydrogen-bond donors (Lipinski definition) is 5. The molecule has 2 atom stereocenters. The van der Waals surface area contributed by atoms with E-state index in [-0.39, 0.29) is 23.8 Å². The highest BCUT2D eigenvalue weighted by molar-refractivity contribution is 5.94. The van der Waals surface area contributed by atoms with Crippen molar-refractivity contribution >= 4 is 17.4 Å². The standard InChI is InChI=1S/C32H42N6O2/c1-24(32(39)37-21-26-10-13-28(14-11-26)31(33)34)35-23-29(15-12-25-6-3-2-4-7-25)36-22-27-8-5-9-30(20-27)38-16-18-40-19-17-38/h2-11,13-14,20,24,29,35-36H,12,15-19,21-23H2,1H3,(H3,33,34)(H,37,39)/t24-,29+/m0/s1. The van der Waals surface area contributed by atoms with Crippen LogP contribution < -0.4 is 26.6 Å². The van der Waals surface area contributed by atoms with E-state index in [1.807, 2.05) is 25.1 Å². The van der Waals surface area contributed by atoms with Crippen LogP contribution in [-0.4, -0.2) is 56.7 Å². The van der Waals surface area contributed by atoms with Crippen molar-refractivity contribution < 1.29 is 9.53 Å². The first-order chi connectivity index (χ1) is 19.5. The van der Waals surface area contributed by atoms with Crippen LogP contribution in [0.4, 0.5) is 5.69 Å². The summed E-state index contributed by atoms with van der Waals surface area (Å²) >= 11 is 0. The highest BCUT2D eigenvalue weighted by Crippen LogP contribution is 2.18. The summed E-state index contributed by atoms with van der Waals surface area (Å²) in [7, 11) is 0. The Bertz CT molecular complexity index is 1210. The van der Waals surface area contributed by atoms with Gasteiger partial charge in [0.05, 0.1) is 19.3 Å².